The van der Waals surface area contributed by atoms with E-state index < -0.39 is 17.7 Å². The number of esters is 1. The third-order valence-corrected chi connectivity index (χ3v) is 2.28. The molecule has 0 spiro atoms. The van der Waals surface area contributed by atoms with Gasteiger partial charge in [-0.25, -0.2) is 4.39 Å². The van der Waals surface area contributed by atoms with E-state index in [1.54, 1.807) is 19.1 Å². The second kappa shape index (κ2) is 5.98. The number of methoxy groups -OCH3 is 1. The van der Waals surface area contributed by atoms with Crippen LogP contribution in [0, 0.1) is 12.7 Å². The average molecular weight is 239 g/mol. The van der Waals surface area contributed by atoms with E-state index in [1.165, 1.54) is 13.2 Å². The molecule has 5 heteroatoms. The van der Waals surface area contributed by atoms with Crippen molar-refractivity contribution in [3.8, 4) is 0 Å². The molecule has 0 saturated heterocycles. The number of amides is 1. The molecule has 1 aromatic rings. The van der Waals surface area contributed by atoms with Gasteiger partial charge in [-0.15, -0.1) is 0 Å². The zero-order chi connectivity index (χ0) is 12.8. The van der Waals surface area contributed by atoms with Crippen molar-refractivity contribution in [3.63, 3.8) is 0 Å². The van der Waals surface area contributed by atoms with Crippen molar-refractivity contribution in [2.24, 2.45) is 0 Å². The summed E-state index contributed by atoms with van der Waals surface area (Å²) in [6, 6.07) is 4.59. The lowest BCUT2D eigenvalue weighted by atomic mass is 10.1. The third kappa shape index (κ3) is 3.55. The Morgan fingerprint density at radius 3 is 2.76 bits per heavy atom. The standard InChI is InChI=1S/C12H14FNO3/c1-8-4-3-5-9(11(8)13)12(16)14-7-6-10(15)17-2/h3-5H,6-7H2,1-2H3,(H,14,16). The first kappa shape index (κ1) is 13.2. The quantitative estimate of drug-likeness (QED) is 0.808. The molecule has 0 saturated carbocycles. The van der Waals surface area contributed by atoms with Gasteiger partial charge < -0.3 is 10.1 Å². The summed E-state index contributed by atoms with van der Waals surface area (Å²) in [7, 11) is 1.27. The summed E-state index contributed by atoms with van der Waals surface area (Å²) in [6.07, 6.45) is 0.0652. The molecular formula is C12H14FNO3. The van der Waals surface area contributed by atoms with E-state index in [-0.39, 0.29) is 18.5 Å². The zero-order valence-corrected chi connectivity index (χ0v) is 9.75. The summed E-state index contributed by atoms with van der Waals surface area (Å²) < 4.78 is 18.0. The predicted octanol–water partition coefficient (Wildman–Crippen LogP) is 1.43. The van der Waals surface area contributed by atoms with Crippen LogP contribution in [0.5, 0.6) is 0 Å². The number of hydrogen-bond acceptors (Lipinski definition) is 3. The molecule has 0 heterocycles. The van der Waals surface area contributed by atoms with Gasteiger partial charge in [0, 0.05) is 6.54 Å². The van der Waals surface area contributed by atoms with E-state index in [0.29, 0.717) is 5.56 Å². The topological polar surface area (TPSA) is 55.4 Å². The number of hydrogen-bond donors (Lipinski definition) is 1. The number of aryl methyl sites for hydroxylation is 1. The van der Waals surface area contributed by atoms with E-state index in [9.17, 15) is 14.0 Å². The Labute approximate surface area is 98.8 Å². The van der Waals surface area contributed by atoms with Crippen LogP contribution in [0.3, 0.4) is 0 Å². The smallest absolute Gasteiger partial charge is 0.307 e. The molecule has 0 atom stereocenters. The third-order valence-electron chi connectivity index (χ3n) is 2.28. The van der Waals surface area contributed by atoms with Crippen molar-refractivity contribution in [2.75, 3.05) is 13.7 Å². The second-order valence-corrected chi connectivity index (χ2v) is 3.52. The summed E-state index contributed by atoms with van der Waals surface area (Å²) in [5, 5.41) is 2.45. The van der Waals surface area contributed by atoms with Crippen molar-refractivity contribution >= 4 is 11.9 Å². The highest BCUT2D eigenvalue weighted by atomic mass is 19.1. The number of nitrogens with one attached hydrogen (secondary N) is 1. The molecule has 0 aliphatic heterocycles. The Balaban J connectivity index is 2.59. The Morgan fingerprint density at radius 2 is 2.12 bits per heavy atom. The number of benzene rings is 1. The number of ether oxygens (including phenoxy) is 1. The highest BCUT2D eigenvalue weighted by Gasteiger charge is 2.12. The fraction of sp³-hybridized carbons (Fsp3) is 0.333. The molecule has 92 valence electrons. The molecule has 0 bridgehead atoms. The summed E-state index contributed by atoms with van der Waals surface area (Å²) in [5.74, 6) is -1.49. The van der Waals surface area contributed by atoms with Gasteiger partial charge in [0.1, 0.15) is 5.82 Å². The lowest BCUT2D eigenvalue weighted by Crippen LogP contribution is -2.27. The first-order valence-corrected chi connectivity index (χ1v) is 5.16. The molecule has 0 aromatic heterocycles. The normalized spacial score (nSPS) is 9.82. The molecule has 1 amide bonds. The Kier molecular flexibility index (Phi) is 4.63. The fourth-order valence-corrected chi connectivity index (χ4v) is 1.30. The lowest BCUT2D eigenvalue weighted by Gasteiger charge is -2.06. The fourth-order valence-electron chi connectivity index (χ4n) is 1.30. The predicted molar refractivity (Wildman–Crippen MR) is 60.1 cm³/mol. The molecule has 0 aliphatic rings. The number of carbonyl (C=O) groups is 2. The van der Waals surface area contributed by atoms with E-state index >= 15 is 0 Å². The molecule has 1 aromatic carbocycles. The Morgan fingerprint density at radius 1 is 1.41 bits per heavy atom. The lowest BCUT2D eigenvalue weighted by molar-refractivity contribution is -0.140. The Hall–Kier alpha value is -1.91. The highest BCUT2D eigenvalue weighted by molar-refractivity contribution is 5.94. The van der Waals surface area contributed by atoms with Crippen molar-refractivity contribution in [2.45, 2.75) is 13.3 Å². The van der Waals surface area contributed by atoms with E-state index in [1.807, 2.05) is 0 Å². The van der Waals surface area contributed by atoms with Crippen molar-refractivity contribution in [3.05, 3.63) is 35.1 Å². The first-order valence-electron chi connectivity index (χ1n) is 5.16. The molecule has 17 heavy (non-hydrogen) atoms. The van der Waals surface area contributed by atoms with E-state index in [4.69, 9.17) is 0 Å². The molecule has 4 nitrogen and oxygen atoms in total. The SMILES string of the molecule is COC(=O)CCNC(=O)c1cccc(C)c1F. The van der Waals surface area contributed by atoms with E-state index in [0.717, 1.165) is 0 Å². The zero-order valence-electron chi connectivity index (χ0n) is 9.75. The molecule has 1 rings (SSSR count). The summed E-state index contributed by atoms with van der Waals surface area (Å²) in [5.41, 5.74) is 0.389. The maximum Gasteiger partial charge on any atom is 0.307 e. The van der Waals surface area contributed by atoms with Crippen LogP contribution in [0.4, 0.5) is 4.39 Å². The van der Waals surface area contributed by atoms with Crippen LogP contribution in [0.25, 0.3) is 0 Å². The minimum Gasteiger partial charge on any atom is -0.469 e. The number of rotatable bonds is 4. The largest absolute Gasteiger partial charge is 0.469 e. The van der Waals surface area contributed by atoms with Gasteiger partial charge in [0.05, 0.1) is 19.1 Å². The van der Waals surface area contributed by atoms with Crippen LogP contribution in [0.2, 0.25) is 0 Å². The van der Waals surface area contributed by atoms with Crippen LogP contribution in [0.15, 0.2) is 18.2 Å². The van der Waals surface area contributed by atoms with Gasteiger partial charge in [0.25, 0.3) is 5.91 Å². The van der Waals surface area contributed by atoms with Crippen molar-refractivity contribution < 1.29 is 18.7 Å². The van der Waals surface area contributed by atoms with Crippen LogP contribution < -0.4 is 5.32 Å². The van der Waals surface area contributed by atoms with Gasteiger partial charge in [-0.2, -0.15) is 0 Å². The summed E-state index contributed by atoms with van der Waals surface area (Å²) in [6.45, 7) is 1.71. The minimum atomic E-state index is -0.539. The molecule has 0 aliphatic carbocycles. The first-order chi connectivity index (χ1) is 8.06. The minimum absolute atomic E-state index is 0.0186. The van der Waals surface area contributed by atoms with Crippen molar-refractivity contribution in [1.82, 2.24) is 5.32 Å². The molecule has 0 fully saturated rings. The number of carbonyl (C=O) groups excluding carboxylic acids is 2. The molecule has 1 N–H and O–H groups in total. The number of halogens is 1. The summed E-state index contributed by atoms with van der Waals surface area (Å²) >= 11 is 0. The van der Waals surface area contributed by atoms with Crippen LogP contribution in [-0.4, -0.2) is 25.5 Å². The van der Waals surface area contributed by atoms with Crippen LogP contribution in [0.1, 0.15) is 22.3 Å². The van der Waals surface area contributed by atoms with Gasteiger partial charge >= 0.3 is 5.97 Å². The molecule has 0 unspecified atom stereocenters. The maximum atomic E-state index is 13.6. The second-order valence-electron chi connectivity index (χ2n) is 3.52. The van der Waals surface area contributed by atoms with E-state index in [2.05, 4.69) is 10.1 Å². The van der Waals surface area contributed by atoms with Gasteiger partial charge in [-0.1, -0.05) is 12.1 Å². The monoisotopic (exact) mass is 239 g/mol. The van der Waals surface area contributed by atoms with Crippen molar-refractivity contribution in [1.29, 1.82) is 0 Å². The average Bonchev–Trinajstić information content (AvgIpc) is 2.32. The highest BCUT2D eigenvalue weighted by Crippen LogP contribution is 2.11. The Bertz CT molecular complexity index is 432. The molecular weight excluding hydrogens is 225 g/mol. The van der Waals surface area contributed by atoms with Gasteiger partial charge in [0.15, 0.2) is 0 Å². The molecule has 0 radical (unpaired) electrons. The van der Waals surface area contributed by atoms with Crippen LogP contribution >= 0.6 is 0 Å². The maximum absolute atomic E-state index is 13.6. The van der Waals surface area contributed by atoms with Gasteiger partial charge in [-0.05, 0) is 18.6 Å². The summed E-state index contributed by atoms with van der Waals surface area (Å²) in [4.78, 5) is 22.4. The van der Waals surface area contributed by atoms with Crippen LogP contribution in [-0.2, 0) is 9.53 Å². The van der Waals surface area contributed by atoms with Gasteiger partial charge in [-0.3, -0.25) is 9.59 Å². The van der Waals surface area contributed by atoms with Gasteiger partial charge in [0.2, 0.25) is 0 Å².